The number of hydrogen-bond acceptors (Lipinski definition) is 7. The third-order valence-electron chi connectivity index (χ3n) is 9.64. The van der Waals surface area contributed by atoms with E-state index in [1.807, 2.05) is 36.0 Å². The first-order valence-corrected chi connectivity index (χ1v) is 20.2. The van der Waals surface area contributed by atoms with E-state index in [9.17, 15) is 0 Å². The summed E-state index contributed by atoms with van der Waals surface area (Å²) in [4.78, 5) is 11.2. The summed E-state index contributed by atoms with van der Waals surface area (Å²) in [5.41, 5.74) is 6.46. The molecule has 0 saturated heterocycles. The summed E-state index contributed by atoms with van der Waals surface area (Å²) >= 11 is 0. The van der Waals surface area contributed by atoms with E-state index in [4.69, 9.17) is 24.3 Å². The van der Waals surface area contributed by atoms with E-state index in [1.165, 1.54) is 6.20 Å². The van der Waals surface area contributed by atoms with Crippen LogP contribution in [0.15, 0.2) is 60.9 Å². The number of halogens is 1. The molecule has 0 N–H and O–H groups in total. The van der Waals surface area contributed by atoms with Crippen LogP contribution in [0.3, 0.4) is 0 Å². The van der Waals surface area contributed by atoms with E-state index in [-0.39, 0.29) is 11.1 Å². The predicted octanol–water partition coefficient (Wildman–Crippen LogP) is 9.13. The van der Waals surface area contributed by atoms with Crippen molar-refractivity contribution in [3.63, 3.8) is 0 Å². The van der Waals surface area contributed by atoms with Crippen LogP contribution in [0.5, 0.6) is 5.75 Å². The van der Waals surface area contributed by atoms with Gasteiger partial charge in [0.2, 0.25) is 5.95 Å². The van der Waals surface area contributed by atoms with E-state index in [2.05, 4.69) is 80.5 Å². The first kappa shape index (κ1) is 36.2. The Labute approximate surface area is 291 Å². The Kier molecular flexibility index (Phi) is 11.2. The van der Waals surface area contributed by atoms with Crippen molar-refractivity contribution in [3.8, 4) is 17.0 Å². The molecule has 0 bridgehead atoms. The normalized spacial score (nSPS) is 12.3. The first-order valence-electron chi connectivity index (χ1n) is 17.3. The Morgan fingerprint density at radius 1 is 0.980 bits per heavy atom. The fourth-order valence-electron chi connectivity index (χ4n) is 5.74. The van der Waals surface area contributed by atoms with Gasteiger partial charge >= 0.3 is 0 Å². The summed E-state index contributed by atoms with van der Waals surface area (Å²) in [5.74, 6) is 0.251. The van der Waals surface area contributed by atoms with E-state index < -0.39 is 14.3 Å². The molecule has 0 fully saturated rings. The lowest BCUT2D eigenvalue weighted by atomic mass is 10.1. The zero-order valence-electron chi connectivity index (χ0n) is 30.6. The van der Waals surface area contributed by atoms with Gasteiger partial charge in [-0.2, -0.15) is 14.6 Å². The highest BCUT2D eigenvalue weighted by Gasteiger charge is 2.36. The zero-order valence-corrected chi connectivity index (χ0v) is 31.6. The molecule has 1 aromatic carbocycles. The molecule has 49 heavy (non-hydrogen) atoms. The molecule has 0 spiro atoms. The highest BCUT2D eigenvalue weighted by Crippen LogP contribution is 2.37. The van der Waals surface area contributed by atoms with E-state index in [0.29, 0.717) is 24.3 Å². The average molecular weight is 686 g/mol. The zero-order chi connectivity index (χ0) is 35.3. The number of methoxy groups -OCH3 is 1. The SMILES string of the molecule is COc1ccc(CN(Cc2ccnn2CCCCCO[Si](C)(C)C(C)(C)C)c2cc(-c3cccnc3F)nc3c(C)nn(C(C)C)c23)cc1. The van der Waals surface area contributed by atoms with Crippen molar-refractivity contribution < 1.29 is 13.6 Å². The maximum atomic E-state index is 15.1. The summed E-state index contributed by atoms with van der Waals surface area (Å²) in [6.07, 6.45) is 6.45. The van der Waals surface area contributed by atoms with Crippen molar-refractivity contribution in [2.24, 2.45) is 0 Å². The quantitative estimate of drug-likeness (QED) is 0.0618. The number of aromatic nitrogens is 6. The van der Waals surface area contributed by atoms with Crippen molar-refractivity contribution in [2.45, 2.75) is 105 Å². The second kappa shape index (κ2) is 15.2. The third kappa shape index (κ3) is 8.38. The van der Waals surface area contributed by atoms with Crippen molar-refractivity contribution in [2.75, 3.05) is 18.6 Å². The number of unbranched alkanes of at least 4 members (excludes halogenated alkanes) is 2. The lowest BCUT2D eigenvalue weighted by Crippen LogP contribution is -2.40. The number of ether oxygens (including phenoxy) is 1. The molecule has 262 valence electrons. The van der Waals surface area contributed by atoms with Gasteiger partial charge in [-0.05, 0) is 100 Å². The molecule has 0 saturated carbocycles. The minimum Gasteiger partial charge on any atom is -0.497 e. The molecule has 0 unspecified atom stereocenters. The van der Waals surface area contributed by atoms with Crippen LogP contribution >= 0.6 is 0 Å². The number of aryl methyl sites for hydroxylation is 2. The van der Waals surface area contributed by atoms with Crippen LogP contribution in [0, 0.1) is 12.9 Å². The van der Waals surface area contributed by atoms with Gasteiger partial charge in [-0.25, -0.2) is 9.97 Å². The highest BCUT2D eigenvalue weighted by atomic mass is 28.4. The van der Waals surface area contributed by atoms with Crippen LogP contribution in [-0.4, -0.2) is 51.6 Å². The Balaban J connectivity index is 1.47. The molecule has 5 aromatic rings. The minimum absolute atomic E-state index is 0.0895. The van der Waals surface area contributed by atoms with Crippen molar-refractivity contribution >= 4 is 25.0 Å². The smallest absolute Gasteiger partial charge is 0.222 e. The van der Waals surface area contributed by atoms with Crippen LogP contribution < -0.4 is 9.64 Å². The van der Waals surface area contributed by atoms with Gasteiger partial charge in [0.15, 0.2) is 8.32 Å². The van der Waals surface area contributed by atoms with Crippen molar-refractivity contribution in [1.29, 1.82) is 0 Å². The Bertz CT molecular complexity index is 1840. The lowest BCUT2D eigenvalue weighted by molar-refractivity contribution is 0.276. The summed E-state index contributed by atoms with van der Waals surface area (Å²) in [6.45, 7) is 20.4. The fraction of sp³-hybridized carbons (Fsp3) is 0.474. The number of pyridine rings is 2. The number of anilines is 1. The molecule has 4 aromatic heterocycles. The van der Waals surface area contributed by atoms with Crippen molar-refractivity contribution in [1.82, 2.24) is 29.5 Å². The summed E-state index contributed by atoms with van der Waals surface area (Å²) in [5, 5.41) is 9.85. The maximum Gasteiger partial charge on any atom is 0.222 e. The molecule has 0 amide bonds. The van der Waals surface area contributed by atoms with Crippen LogP contribution in [0.25, 0.3) is 22.3 Å². The number of nitrogens with zero attached hydrogens (tertiary/aromatic N) is 7. The van der Waals surface area contributed by atoms with Gasteiger partial charge in [0.1, 0.15) is 16.8 Å². The number of hydrogen-bond donors (Lipinski definition) is 0. The van der Waals surface area contributed by atoms with Gasteiger partial charge in [-0.15, -0.1) is 0 Å². The fourth-order valence-corrected chi connectivity index (χ4v) is 6.83. The first-order chi connectivity index (χ1) is 23.3. The number of fused-ring (bicyclic) bond motifs is 1. The molecule has 4 heterocycles. The maximum absolute atomic E-state index is 15.1. The molecule has 9 nitrogen and oxygen atoms in total. The number of rotatable bonds is 15. The van der Waals surface area contributed by atoms with Crippen LogP contribution in [-0.2, 0) is 24.1 Å². The molecule has 11 heteroatoms. The van der Waals surface area contributed by atoms with Gasteiger partial charge in [-0.1, -0.05) is 32.9 Å². The largest absolute Gasteiger partial charge is 0.497 e. The molecule has 0 radical (unpaired) electrons. The van der Waals surface area contributed by atoms with E-state index >= 15 is 4.39 Å². The van der Waals surface area contributed by atoms with Crippen LogP contribution in [0.1, 0.15) is 76.9 Å². The van der Waals surface area contributed by atoms with Gasteiger partial charge < -0.3 is 14.1 Å². The summed E-state index contributed by atoms with van der Waals surface area (Å²) < 4.78 is 31.1. The Hall–Kier alpha value is -4.09. The van der Waals surface area contributed by atoms with Gasteiger partial charge in [0, 0.05) is 38.1 Å². The van der Waals surface area contributed by atoms with E-state index in [0.717, 1.165) is 71.8 Å². The highest BCUT2D eigenvalue weighted by molar-refractivity contribution is 6.74. The molecular formula is C38H52FN7O2Si. The second-order valence-electron chi connectivity index (χ2n) is 14.6. The monoisotopic (exact) mass is 685 g/mol. The number of benzene rings is 1. The lowest BCUT2D eigenvalue weighted by Gasteiger charge is -2.36. The predicted molar refractivity (Wildman–Crippen MR) is 198 cm³/mol. The summed E-state index contributed by atoms with van der Waals surface area (Å²) in [6, 6.07) is 15.7. The molecule has 0 aliphatic carbocycles. The topological polar surface area (TPSA) is 83.1 Å². The van der Waals surface area contributed by atoms with Gasteiger partial charge in [-0.3, -0.25) is 9.36 Å². The minimum atomic E-state index is -1.74. The second-order valence-corrected chi connectivity index (χ2v) is 19.4. The molecule has 0 atom stereocenters. The van der Waals surface area contributed by atoms with Crippen LogP contribution in [0.2, 0.25) is 18.1 Å². The van der Waals surface area contributed by atoms with Gasteiger partial charge in [0.05, 0.1) is 42.0 Å². The standard InChI is InChI=1S/C38H52FN7O2Si/c1-27(2)46-36-34(24-33(42-35(36)28(3)43-46)32-14-13-20-40-37(32)39)44(25-29-15-17-31(47-7)18-16-29)26-30-19-21-41-45(30)22-11-10-12-23-48-49(8,9)38(4,5)6/h13-21,24,27H,10-12,22-23,25-26H2,1-9H3. The molecular weight excluding hydrogens is 634 g/mol. The Morgan fingerprint density at radius 2 is 1.73 bits per heavy atom. The molecule has 0 aliphatic heterocycles. The van der Waals surface area contributed by atoms with E-state index in [1.54, 1.807) is 19.2 Å². The molecule has 5 rings (SSSR count). The summed E-state index contributed by atoms with van der Waals surface area (Å²) in [7, 11) is -0.0664. The van der Waals surface area contributed by atoms with Crippen LogP contribution in [0.4, 0.5) is 10.1 Å². The third-order valence-corrected chi connectivity index (χ3v) is 14.2. The van der Waals surface area contributed by atoms with Crippen molar-refractivity contribution in [3.05, 3.63) is 83.8 Å². The average Bonchev–Trinajstić information content (AvgIpc) is 3.65. The molecule has 0 aliphatic rings. The Morgan fingerprint density at radius 3 is 2.41 bits per heavy atom. The van der Waals surface area contributed by atoms with Gasteiger partial charge in [0.25, 0.3) is 0 Å².